The molecule has 0 aliphatic carbocycles. The quantitative estimate of drug-likeness (QED) is 0.547. The lowest BCUT2D eigenvalue weighted by Gasteiger charge is -2.30. The fourth-order valence-electron chi connectivity index (χ4n) is 3.16. The summed E-state index contributed by atoms with van der Waals surface area (Å²) in [5, 5.41) is 10.0. The van der Waals surface area contributed by atoms with Crippen molar-refractivity contribution in [3.63, 3.8) is 0 Å². The molecule has 5 nitrogen and oxygen atoms in total. The highest BCUT2D eigenvalue weighted by atomic mass is 35.5. The number of hydrogen-bond donors (Lipinski definition) is 0. The number of furan rings is 1. The summed E-state index contributed by atoms with van der Waals surface area (Å²) in [7, 11) is 0. The summed E-state index contributed by atoms with van der Waals surface area (Å²) in [6, 6.07) is 10.7. The first-order valence-electron chi connectivity index (χ1n) is 8.82. The molecule has 0 bridgehead atoms. The molecule has 0 saturated carbocycles. The average molecular weight is 395 g/mol. The van der Waals surface area contributed by atoms with Crippen molar-refractivity contribution in [2.45, 2.75) is 33.7 Å². The van der Waals surface area contributed by atoms with Crippen LogP contribution < -0.4 is 0 Å². The first-order valence-corrected chi connectivity index (χ1v) is 9.20. The fourth-order valence-corrected chi connectivity index (χ4v) is 3.33. The molecule has 0 unspecified atom stereocenters. The fraction of sp³-hybridized carbons (Fsp3) is 0.227. The molecule has 2 aromatic rings. The van der Waals surface area contributed by atoms with Gasteiger partial charge in [-0.2, -0.15) is 5.26 Å². The van der Waals surface area contributed by atoms with E-state index in [4.69, 9.17) is 16.0 Å². The van der Waals surface area contributed by atoms with Crippen LogP contribution in [0.2, 0.25) is 5.02 Å². The minimum atomic E-state index is -0.563. The van der Waals surface area contributed by atoms with Gasteiger partial charge < -0.3 is 4.42 Å². The number of nitriles is 1. The van der Waals surface area contributed by atoms with Crippen LogP contribution in [0.25, 0.3) is 17.4 Å². The number of hydrogen-bond acceptors (Lipinski definition) is 4. The Bertz CT molecular complexity index is 1080. The van der Waals surface area contributed by atoms with Crippen LogP contribution in [-0.4, -0.2) is 22.8 Å². The molecule has 0 N–H and O–H groups in total. The second-order valence-electron chi connectivity index (χ2n) is 6.86. The molecule has 0 atom stereocenters. The monoisotopic (exact) mass is 394 g/mol. The Balaban J connectivity index is 2.08. The van der Waals surface area contributed by atoms with E-state index < -0.39 is 11.8 Å². The van der Waals surface area contributed by atoms with Crippen molar-refractivity contribution in [1.29, 1.82) is 5.26 Å². The lowest BCUT2D eigenvalue weighted by Crippen LogP contribution is -2.46. The van der Waals surface area contributed by atoms with Gasteiger partial charge in [-0.25, -0.2) is 0 Å². The number of benzene rings is 1. The molecule has 1 aliphatic heterocycles. The number of rotatable bonds is 3. The highest BCUT2D eigenvalue weighted by molar-refractivity contribution is 6.31. The number of carbonyl (C=O) groups is 2. The van der Waals surface area contributed by atoms with Crippen molar-refractivity contribution in [3.05, 3.63) is 63.4 Å². The van der Waals surface area contributed by atoms with E-state index in [0.717, 1.165) is 16.0 Å². The van der Waals surface area contributed by atoms with E-state index in [1.54, 1.807) is 39.0 Å². The molecule has 6 heteroatoms. The van der Waals surface area contributed by atoms with Crippen LogP contribution in [0, 0.1) is 18.3 Å². The molecule has 0 radical (unpaired) electrons. The van der Waals surface area contributed by atoms with Crippen molar-refractivity contribution >= 4 is 29.5 Å². The van der Waals surface area contributed by atoms with Gasteiger partial charge in [0.2, 0.25) is 0 Å². The molecule has 3 rings (SSSR count). The molecule has 1 aromatic carbocycles. The van der Waals surface area contributed by atoms with Gasteiger partial charge in [0.1, 0.15) is 23.2 Å². The summed E-state index contributed by atoms with van der Waals surface area (Å²) in [5.74, 6) is 0.0710. The maximum atomic E-state index is 12.9. The summed E-state index contributed by atoms with van der Waals surface area (Å²) in [4.78, 5) is 26.4. The summed E-state index contributed by atoms with van der Waals surface area (Å²) < 4.78 is 5.90. The molecule has 142 valence electrons. The summed E-state index contributed by atoms with van der Waals surface area (Å²) >= 11 is 6.18. The van der Waals surface area contributed by atoms with Gasteiger partial charge in [-0.3, -0.25) is 14.5 Å². The second kappa shape index (κ2) is 7.49. The van der Waals surface area contributed by atoms with E-state index in [1.165, 1.54) is 0 Å². The van der Waals surface area contributed by atoms with Crippen molar-refractivity contribution in [2.75, 3.05) is 0 Å². The van der Waals surface area contributed by atoms with Gasteiger partial charge in [-0.1, -0.05) is 23.7 Å². The lowest BCUT2D eigenvalue weighted by molar-refractivity contribution is -0.142. The van der Waals surface area contributed by atoms with Crippen LogP contribution in [0.1, 0.15) is 32.1 Å². The third-order valence-electron chi connectivity index (χ3n) is 4.74. The van der Waals surface area contributed by atoms with Crippen molar-refractivity contribution in [3.8, 4) is 17.4 Å². The Kier molecular flexibility index (Phi) is 5.26. The minimum absolute atomic E-state index is 0.0305. The molecule has 2 amide bonds. The standard InChI is InChI=1S/C22H19ClN2O3/c1-12(2)25-21(26)17(13(3)18(11-24)22(25)27)10-15-8-9-20(28-15)16-6-5-7-19(23)14(16)4/h5-10,12H,1-4H3/b17-10+. The van der Waals surface area contributed by atoms with Crippen LogP contribution in [-0.2, 0) is 9.59 Å². The zero-order valence-corrected chi connectivity index (χ0v) is 16.8. The first kappa shape index (κ1) is 19.7. The first-order chi connectivity index (χ1) is 13.3. The minimum Gasteiger partial charge on any atom is -0.457 e. The topological polar surface area (TPSA) is 74.3 Å². The second-order valence-corrected chi connectivity index (χ2v) is 7.27. The van der Waals surface area contributed by atoms with Crippen LogP contribution >= 0.6 is 11.6 Å². The van der Waals surface area contributed by atoms with Crippen LogP contribution in [0.4, 0.5) is 0 Å². The summed E-state index contributed by atoms with van der Waals surface area (Å²) in [6.45, 7) is 6.97. The third kappa shape index (κ3) is 3.28. The molecule has 0 fully saturated rings. The van der Waals surface area contributed by atoms with Gasteiger partial charge in [-0.05, 0) is 63.1 Å². The van der Waals surface area contributed by atoms with Gasteiger partial charge in [0.15, 0.2) is 0 Å². The zero-order chi connectivity index (χ0) is 20.6. The van der Waals surface area contributed by atoms with E-state index >= 15 is 0 Å². The van der Waals surface area contributed by atoms with E-state index in [2.05, 4.69) is 0 Å². The number of imide groups is 1. The van der Waals surface area contributed by atoms with Gasteiger partial charge >= 0.3 is 0 Å². The Hall–Kier alpha value is -3.10. The Morgan fingerprint density at radius 2 is 1.86 bits per heavy atom. The van der Waals surface area contributed by atoms with Crippen molar-refractivity contribution in [2.24, 2.45) is 0 Å². The van der Waals surface area contributed by atoms with E-state index in [9.17, 15) is 14.9 Å². The smallest absolute Gasteiger partial charge is 0.271 e. The molecule has 1 aromatic heterocycles. The SMILES string of the molecule is CC1=C(C#N)C(=O)N(C(C)C)C(=O)/C1=C/c1ccc(-c2cccc(Cl)c2C)o1. The average Bonchev–Trinajstić information content (AvgIpc) is 3.09. The van der Waals surface area contributed by atoms with Gasteiger partial charge in [0.25, 0.3) is 11.8 Å². The predicted molar refractivity (Wildman–Crippen MR) is 107 cm³/mol. The summed E-state index contributed by atoms with van der Waals surface area (Å²) in [5.41, 5.74) is 2.35. The maximum Gasteiger partial charge on any atom is 0.271 e. The molecule has 2 heterocycles. The maximum absolute atomic E-state index is 12.9. The number of amides is 2. The normalized spacial score (nSPS) is 16.3. The van der Waals surface area contributed by atoms with Gasteiger partial charge in [-0.15, -0.1) is 0 Å². The van der Waals surface area contributed by atoms with Crippen molar-refractivity contribution in [1.82, 2.24) is 4.90 Å². The molecule has 28 heavy (non-hydrogen) atoms. The van der Waals surface area contributed by atoms with E-state index in [0.29, 0.717) is 22.1 Å². The zero-order valence-electron chi connectivity index (χ0n) is 16.0. The van der Waals surface area contributed by atoms with Crippen molar-refractivity contribution < 1.29 is 14.0 Å². The number of halogens is 1. The number of nitrogens with zero attached hydrogens (tertiary/aromatic N) is 2. The Morgan fingerprint density at radius 3 is 2.50 bits per heavy atom. The predicted octanol–water partition coefficient (Wildman–Crippen LogP) is 4.91. The van der Waals surface area contributed by atoms with Crippen LogP contribution in [0.3, 0.4) is 0 Å². The highest BCUT2D eigenvalue weighted by Crippen LogP contribution is 2.32. The largest absolute Gasteiger partial charge is 0.457 e. The Morgan fingerprint density at radius 1 is 1.14 bits per heavy atom. The number of carbonyl (C=O) groups excluding carboxylic acids is 2. The lowest BCUT2D eigenvalue weighted by atomic mass is 9.94. The Labute approximate surface area is 168 Å². The molecule has 0 spiro atoms. The molecular weight excluding hydrogens is 376 g/mol. The van der Waals surface area contributed by atoms with Gasteiger partial charge in [0.05, 0.1) is 0 Å². The van der Waals surface area contributed by atoms with Gasteiger partial charge in [0, 0.05) is 22.2 Å². The molecular formula is C22H19ClN2O3. The van der Waals surface area contributed by atoms with E-state index in [-0.39, 0.29) is 17.2 Å². The summed E-state index contributed by atoms with van der Waals surface area (Å²) in [6.07, 6.45) is 1.57. The highest BCUT2D eigenvalue weighted by Gasteiger charge is 2.37. The van der Waals surface area contributed by atoms with Crippen LogP contribution in [0.5, 0.6) is 0 Å². The van der Waals surface area contributed by atoms with Crippen LogP contribution in [0.15, 0.2) is 51.5 Å². The third-order valence-corrected chi connectivity index (χ3v) is 5.15. The molecule has 1 aliphatic rings. The molecule has 0 saturated heterocycles. The van der Waals surface area contributed by atoms with E-state index in [1.807, 2.05) is 31.2 Å².